The van der Waals surface area contributed by atoms with Gasteiger partial charge in [0.05, 0.1) is 5.52 Å². The van der Waals surface area contributed by atoms with Gasteiger partial charge in [-0.25, -0.2) is 0 Å². The number of hydrogen-bond donors (Lipinski definition) is 4. The van der Waals surface area contributed by atoms with E-state index in [1.807, 2.05) is 36.4 Å². The van der Waals surface area contributed by atoms with Crippen LogP contribution in [0, 0.1) is 0 Å². The highest BCUT2D eigenvalue weighted by Crippen LogP contribution is 2.14. The molecule has 0 atom stereocenters. The fraction of sp³-hybridized carbons (Fsp3) is 0.211. The van der Waals surface area contributed by atoms with E-state index in [0.717, 1.165) is 23.0 Å². The van der Waals surface area contributed by atoms with Gasteiger partial charge in [0.2, 0.25) is 0 Å². The van der Waals surface area contributed by atoms with Gasteiger partial charge in [-0.3, -0.25) is 20.7 Å². The minimum atomic E-state index is -0.360. The van der Waals surface area contributed by atoms with Crippen molar-refractivity contribution in [2.45, 2.75) is 26.2 Å². The van der Waals surface area contributed by atoms with E-state index in [2.05, 4.69) is 45.4 Å². The number of nitrogens with zero attached hydrogens (tertiary/aromatic N) is 1. The highest BCUT2D eigenvalue weighted by molar-refractivity contribution is 7.80. The van der Waals surface area contributed by atoms with Crippen molar-refractivity contribution in [3.05, 3.63) is 59.8 Å². The second-order valence-electron chi connectivity index (χ2n) is 5.95. The predicted octanol–water partition coefficient (Wildman–Crippen LogP) is 3.54. The molecule has 0 saturated carbocycles. The largest absolute Gasteiger partial charge is 0.331 e. The topological polar surface area (TPSA) is 81.8 Å². The molecule has 0 fully saturated rings. The number of hydrogen-bond acceptors (Lipinski definition) is 3. The Hall–Kier alpha value is -2.93. The molecule has 7 heteroatoms. The number of amides is 1. The number of rotatable bonds is 5. The smallest absolute Gasteiger partial charge is 0.290 e. The van der Waals surface area contributed by atoms with Gasteiger partial charge < -0.3 is 5.32 Å². The SMILES string of the molecule is CCCCc1ccc(NC(=S)NNC(=O)c2n[nH]c3ccccc23)cc1. The number of benzene rings is 2. The summed E-state index contributed by atoms with van der Waals surface area (Å²) in [4.78, 5) is 12.3. The third kappa shape index (κ3) is 4.37. The van der Waals surface area contributed by atoms with Gasteiger partial charge >= 0.3 is 0 Å². The number of para-hydroxylation sites is 1. The standard InChI is InChI=1S/C19H21N5OS/c1-2-3-6-13-9-11-14(12-10-13)20-19(26)24-23-18(25)17-15-7-4-5-8-16(15)21-22-17/h4-5,7-12H,2-3,6H2,1H3,(H,21,22)(H,23,25)(H2,20,24,26). The first kappa shape index (κ1) is 17.9. The minimum absolute atomic E-state index is 0.305. The second kappa shape index (κ2) is 8.44. The maximum atomic E-state index is 12.3. The number of aryl methyl sites for hydroxylation is 1. The van der Waals surface area contributed by atoms with E-state index in [4.69, 9.17) is 12.2 Å². The molecule has 0 saturated heterocycles. The summed E-state index contributed by atoms with van der Waals surface area (Å²) in [7, 11) is 0. The Labute approximate surface area is 157 Å². The summed E-state index contributed by atoms with van der Waals surface area (Å²) in [5.41, 5.74) is 8.55. The summed E-state index contributed by atoms with van der Waals surface area (Å²) in [5.74, 6) is -0.360. The molecule has 1 heterocycles. The van der Waals surface area contributed by atoms with Crippen LogP contribution < -0.4 is 16.2 Å². The average Bonchev–Trinajstić information content (AvgIpc) is 3.10. The monoisotopic (exact) mass is 367 g/mol. The molecule has 6 nitrogen and oxygen atoms in total. The van der Waals surface area contributed by atoms with E-state index in [0.29, 0.717) is 10.8 Å². The van der Waals surface area contributed by atoms with Gasteiger partial charge in [0.1, 0.15) is 0 Å². The Morgan fingerprint density at radius 3 is 2.65 bits per heavy atom. The zero-order chi connectivity index (χ0) is 18.4. The van der Waals surface area contributed by atoms with Crippen molar-refractivity contribution in [3.8, 4) is 0 Å². The molecule has 134 valence electrons. The molecule has 4 N–H and O–H groups in total. The van der Waals surface area contributed by atoms with Crippen LogP contribution in [0.5, 0.6) is 0 Å². The molecule has 2 aromatic carbocycles. The van der Waals surface area contributed by atoms with Crippen LogP contribution in [0.2, 0.25) is 0 Å². The summed E-state index contributed by atoms with van der Waals surface area (Å²) < 4.78 is 0. The van der Waals surface area contributed by atoms with Crippen molar-refractivity contribution in [1.29, 1.82) is 0 Å². The highest BCUT2D eigenvalue weighted by Gasteiger charge is 2.13. The molecule has 26 heavy (non-hydrogen) atoms. The first-order valence-electron chi connectivity index (χ1n) is 8.56. The number of anilines is 1. The van der Waals surface area contributed by atoms with Gasteiger partial charge in [-0.1, -0.05) is 43.7 Å². The van der Waals surface area contributed by atoms with Gasteiger partial charge in [-0.2, -0.15) is 5.10 Å². The summed E-state index contributed by atoms with van der Waals surface area (Å²) >= 11 is 5.22. The predicted molar refractivity (Wildman–Crippen MR) is 108 cm³/mol. The van der Waals surface area contributed by atoms with E-state index < -0.39 is 0 Å². The lowest BCUT2D eigenvalue weighted by molar-refractivity contribution is 0.0940. The van der Waals surface area contributed by atoms with Crippen LogP contribution >= 0.6 is 12.2 Å². The van der Waals surface area contributed by atoms with Crippen LogP contribution in [-0.2, 0) is 6.42 Å². The Kier molecular flexibility index (Phi) is 5.80. The second-order valence-corrected chi connectivity index (χ2v) is 6.36. The Morgan fingerprint density at radius 1 is 1.12 bits per heavy atom. The summed E-state index contributed by atoms with van der Waals surface area (Å²) in [6.07, 6.45) is 3.44. The quantitative estimate of drug-likeness (QED) is 0.410. The van der Waals surface area contributed by atoms with Gasteiger partial charge in [-0.15, -0.1) is 0 Å². The average molecular weight is 367 g/mol. The number of hydrazine groups is 1. The molecular formula is C19H21N5OS. The maximum absolute atomic E-state index is 12.3. The van der Waals surface area contributed by atoms with Crippen LogP contribution in [0.3, 0.4) is 0 Å². The van der Waals surface area contributed by atoms with Gasteiger partial charge in [0.25, 0.3) is 5.91 Å². The third-order valence-corrected chi connectivity index (χ3v) is 4.21. The molecule has 1 amide bonds. The zero-order valence-electron chi connectivity index (χ0n) is 14.5. The fourth-order valence-corrected chi connectivity index (χ4v) is 2.78. The van der Waals surface area contributed by atoms with Crippen molar-refractivity contribution in [1.82, 2.24) is 21.0 Å². The number of aromatic amines is 1. The first-order valence-corrected chi connectivity index (χ1v) is 8.97. The van der Waals surface area contributed by atoms with E-state index in [9.17, 15) is 4.79 Å². The van der Waals surface area contributed by atoms with E-state index in [1.54, 1.807) is 0 Å². The third-order valence-electron chi connectivity index (χ3n) is 4.01. The number of thiocarbonyl (C=S) groups is 1. The molecule has 0 unspecified atom stereocenters. The Morgan fingerprint density at radius 2 is 1.88 bits per heavy atom. The highest BCUT2D eigenvalue weighted by atomic mass is 32.1. The molecular weight excluding hydrogens is 346 g/mol. The van der Waals surface area contributed by atoms with Crippen LogP contribution in [0.25, 0.3) is 10.9 Å². The Balaban J connectivity index is 1.53. The van der Waals surface area contributed by atoms with E-state index in [1.165, 1.54) is 18.4 Å². The van der Waals surface area contributed by atoms with E-state index in [-0.39, 0.29) is 5.91 Å². The number of H-pyrrole nitrogens is 1. The molecule has 0 aliphatic carbocycles. The zero-order valence-corrected chi connectivity index (χ0v) is 15.3. The number of fused-ring (bicyclic) bond motifs is 1. The van der Waals surface area contributed by atoms with Crippen molar-refractivity contribution in [3.63, 3.8) is 0 Å². The normalized spacial score (nSPS) is 10.5. The van der Waals surface area contributed by atoms with Gasteiger partial charge in [-0.05, 0) is 48.8 Å². The summed E-state index contributed by atoms with van der Waals surface area (Å²) in [6, 6.07) is 15.5. The van der Waals surface area contributed by atoms with E-state index >= 15 is 0 Å². The molecule has 3 rings (SSSR count). The molecule has 0 bridgehead atoms. The van der Waals surface area contributed by atoms with Crippen molar-refractivity contribution >= 4 is 39.8 Å². The number of nitrogens with one attached hydrogen (secondary N) is 4. The fourth-order valence-electron chi connectivity index (χ4n) is 2.61. The number of carbonyl (C=O) groups excluding carboxylic acids is 1. The molecule has 0 aliphatic rings. The summed E-state index contributed by atoms with van der Waals surface area (Å²) in [6.45, 7) is 2.18. The molecule has 0 spiro atoms. The van der Waals surface area contributed by atoms with Crippen molar-refractivity contribution in [2.75, 3.05) is 5.32 Å². The number of aromatic nitrogens is 2. The molecule has 0 aliphatic heterocycles. The van der Waals surface area contributed by atoms with Gasteiger partial charge in [0, 0.05) is 11.1 Å². The lowest BCUT2D eigenvalue weighted by atomic mass is 10.1. The lowest BCUT2D eigenvalue weighted by Gasteiger charge is -2.11. The molecule has 0 radical (unpaired) electrons. The maximum Gasteiger partial charge on any atom is 0.290 e. The van der Waals surface area contributed by atoms with Crippen LogP contribution in [0.1, 0.15) is 35.8 Å². The van der Waals surface area contributed by atoms with Crippen molar-refractivity contribution in [2.24, 2.45) is 0 Å². The van der Waals surface area contributed by atoms with Crippen LogP contribution in [-0.4, -0.2) is 21.2 Å². The molecule has 1 aromatic heterocycles. The number of unbranched alkanes of at least 4 members (excludes halogenated alkanes) is 1. The van der Waals surface area contributed by atoms with Crippen LogP contribution in [0.15, 0.2) is 48.5 Å². The minimum Gasteiger partial charge on any atom is -0.331 e. The first-order chi connectivity index (χ1) is 12.7. The lowest BCUT2D eigenvalue weighted by Crippen LogP contribution is -2.43. The van der Waals surface area contributed by atoms with Crippen molar-refractivity contribution < 1.29 is 4.79 Å². The van der Waals surface area contributed by atoms with Gasteiger partial charge in [0.15, 0.2) is 10.8 Å². The summed E-state index contributed by atoms with van der Waals surface area (Å²) in [5, 5.41) is 11.0. The van der Waals surface area contributed by atoms with Crippen LogP contribution in [0.4, 0.5) is 5.69 Å². The Bertz CT molecular complexity index is 904. The number of carbonyl (C=O) groups is 1. The molecule has 3 aromatic rings.